The minimum atomic E-state index is -0.773. The lowest BCUT2D eigenvalue weighted by atomic mass is 10.0. The molecule has 27 heavy (non-hydrogen) atoms. The van der Waals surface area contributed by atoms with Crippen molar-refractivity contribution in [2.45, 2.75) is 18.6 Å². The van der Waals surface area contributed by atoms with Crippen molar-refractivity contribution in [1.29, 1.82) is 0 Å². The van der Waals surface area contributed by atoms with Crippen LogP contribution in [0.3, 0.4) is 0 Å². The lowest BCUT2D eigenvalue weighted by Crippen LogP contribution is -2.52. The lowest BCUT2D eigenvalue weighted by Gasteiger charge is -2.34. The van der Waals surface area contributed by atoms with Crippen molar-refractivity contribution in [3.63, 3.8) is 0 Å². The van der Waals surface area contributed by atoms with Gasteiger partial charge in [-0.25, -0.2) is 0 Å². The molecule has 7 heteroatoms. The lowest BCUT2D eigenvalue weighted by molar-refractivity contribution is -0.130. The molecule has 0 aliphatic carbocycles. The molecule has 0 fully saturated rings. The number of likely N-dealkylation sites (N-methyl/N-ethyl adjacent to an activating group) is 1. The molecule has 1 N–H and O–H groups in total. The van der Waals surface area contributed by atoms with Crippen molar-refractivity contribution in [2.24, 2.45) is 5.16 Å². The highest BCUT2D eigenvalue weighted by atomic mass is 16.6. The van der Waals surface area contributed by atoms with E-state index in [4.69, 9.17) is 9.57 Å². The van der Waals surface area contributed by atoms with E-state index in [9.17, 15) is 9.59 Å². The van der Waals surface area contributed by atoms with Crippen LogP contribution < -0.4 is 15.0 Å². The summed E-state index contributed by atoms with van der Waals surface area (Å²) in [5, 5.41) is 6.66. The number of rotatable bonds is 3. The van der Waals surface area contributed by atoms with Crippen LogP contribution in [0.15, 0.2) is 59.8 Å². The molecule has 2 atom stereocenters. The Morgan fingerprint density at radius 3 is 2.59 bits per heavy atom. The van der Waals surface area contributed by atoms with Crippen molar-refractivity contribution in [2.75, 3.05) is 18.5 Å². The number of hydrogen-bond acceptors (Lipinski definition) is 5. The summed E-state index contributed by atoms with van der Waals surface area (Å²) < 4.78 is 5.74. The van der Waals surface area contributed by atoms with Gasteiger partial charge in [-0.15, -0.1) is 0 Å². The summed E-state index contributed by atoms with van der Waals surface area (Å²) in [6, 6.07) is 16.8. The molecule has 0 bridgehead atoms. The predicted molar refractivity (Wildman–Crippen MR) is 99.7 cm³/mol. The van der Waals surface area contributed by atoms with E-state index in [2.05, 4.69) is 10.5 Å². The van der Waals surface area contributed by atoms with E-state index in [0.717, 1.165) is 11.3 Å². The molecular weight excluding hydrogens is 346 g/mol. The fraction of sp³-hybridized carbons (Fsp3) is 0.250. The van der Waals surface area contributed by atoms with Crippen molar-refractivity contribution in [1.82, 2.24) is 5.32 Å². The molecule has 138 valence electrons. The molecule has 2 aliphatic rings. The Labute approximate surface area is 156 Å². The van der Waals surface area contributed by atoms with E-state index in [1.165, 1.54) is 0 Å². The van der Waals surface area contributed by atoms with Crippen LogP contribution in [0, 0.1) is 0 Å². The van der Waals surface area contributed by atoms with E-state index >= 15 is 0 Å². The fourth-order valence-electron chi connectivity index (χ4n) is 3.23. The van der Waals surface area contributed by atoms with E-state index in [0.29, 0.717) is 17.9 Å². The number of nitrogens with one attached hydrogen (secondary N) is 1. The molecule has 7 nitrogen and oxygen atoms in total. The second-order valence-corrected chi connectivity index (χ2v) is 6.34. The maximum absolute atomic E-state index is 13.1. The third-order valence-electron chi connectivity index (χ3n) is 4.63. The fourth-order valence-corrected chi connectivity index (χ4v) is 3.23. The van der Waals surface area contributed by atoms with Gasteiger partial charge >= 0.3 is 0 Å². The molecule has 2 amide bonds. The number of nitrogens with zero attached hydrogens (tertiary/aromatic N) is 2. The number of amides is 2. The van der Waals surface area contributed by atoms with Crippen LogP contribution in [0.1, 0.15) is 12.0 Å². The minimum absolute atomic E-state index is 0.121. The Hall–Kier alpha value is -3.35. The first-order valence-electron chi connectivity index (χ1n) is 8.74. The van der Waals surface area contributed by atoms with Crippen molar-refractivity contribution in [3.8, 4) is 5.75 Å². The third kappa shape index (κ3) is 3.23. The first-order valence-corrected chi connectivity index (χ1v) is 8.74. The maximum Gasteiger partial charge on any atom is 0.271 e. The molecular formula is C20H19N3O4. The molecule has 2 heterocycles. The number of benzene rings is 2. The standard InChI is InChI=1S/C20H19N3O4/c1-21-19(24)18-12-23(15-9-5-6-10-16(15)26-18)20(25)17-11-14(22-27-17)13-7-3-2-4-8-13/h2-10,17-18H,11-12H2,1H3,(H,21,24)/t17-,18+/m1/s1. The van der Waals surface area contributed by atoms with Crippen LogP contribution in [0.2, 0.25) is 0 Å². The second-order valence-electron chi connectivity index (χ2n) is 6.34. The van der Waals surface area contributed by atoms with Gasteiger partial charge in [0.15, 0.2) is 6.10 Å². The number of oxime groups is 1. The largest absolute Gasteiger partial charge is 0.477 e. The molecule has 0 saturated carbocycles. The average molecular weight is 365 g/mol. The van der Waals surface area contributed by atoms with Gasteiger partial charge in [0.2, 0.25) is 6.10 Å². The molecule has 2 aliphatic heterocycles. The maximum atomic E-state index is 13.1. The minimum Gasteiger partial charge on any atom is -0.477 e. The van der Waals surface area contributed by atoms with E-state index < -0.39 is 12.2 Å². The predicted octanol–water partition coefficient (Wildman–Crippen LogP) is 1.72. The summed E-state index contributed by atoms with van der Waals surface area (Å²) in [6.07, 6.45) is -1.12. The van der Waals surface area contributed by atoms with E-state index in [1.54, 1.807) is 30.1 Å². The summed E-state index contributed by atoms with van der Waals surface area (Å²) in [5.74, 6) is -0.0295. The van der Waals surface area contributed by atoms with Crippen LogP contribution in [0.5, 0.6) is 5.75 Å². The summed E-state index contributed by atoms with van der Waals surface area (Å²) >= 11 is 0. The van der Waals surface area contributed by atoms with Crippen LogP contribution in [-0.4, -0.2) is 43.3 Å². The zero-order chi connectivity index (χ0) is 18.8. The molecule has 4 rings (SSSR count). The van der Waals surface area contributed by atoms with Gasteiger partial charge < -0.3 is 19.8 Å². The topological polar surface area (TPSA) is 80.2 Å². The molecule has 2 aromatic rings. The van der Waals surface area contributed by atoms with Gasteiger partial charge in [-0.05, 0) is 17.7 Å². The van der Waals surface area contributed by atoms with Gasteiger partial charge in [-0.2, -0.15) is 0 Å². The Morgan fingerprint density at radius 2 is 1.81 bits per heavy atom. The number of carbonyl (C=O) groups is 2. The molecule has 0 radical (unpaired) electrons. The Morgan fingerprint density at radius 1 is 1.07 bits per heavy atom. The van der Waals surface area contributed by atoms with Gasteiger partial charge in [0.1, 0.15) is 5.75 Å². The van der Waals surface area contributed by atoms with Crippen LogP contribution in [0.4, 0.5) is 5.69 Å². The van der Waals surface area contributed by atoms with Gasteiger partial charge in [-0.3, -0.25) is 9.59 Å². The van der Waals surface area contributed by atoms with Crippen molar-refractivity contribution < 1.29 is 19.2 Å². The van der Waals surface area contributed by atoms with Gasteiger partial charge in [0, 0.05) is 13.5 Å². The number of para-hydroxylation sites is 2. The summed E-state index contributed by atoms with van der Waals surface area (Å²) in [4.78, 5) is 32.2. The van der Waals surface area contributed by atoms with Crippen LogP contribution >= 0.6 is 0 Å². The highest BCUT2D eigenvalue weighted by molar-refractivity contribution is 6.07. The summed E-state index contributed by atoms with van der Waals surface area (Å²) in [6.45, 7) is 0.121. The summed E-state index contributed by atoms with van der Waals surface area (Å²) in [7, 11) is 1.54. The van der Waals surface area contributed by atoms with Gasteiger partial charge in [0.05, 0.1) is 17.9 Å². The number of anilines is 1. The number of ether oxygens (including phenoxy) is 1. The smallest absolute Gasteiger partial charge is 0.271 e. The first-order chi connectivity index (χ1) is 13.2. The zero-order valence-corrected chi connectivity index (χ0v) is 14.8. The highest BCUT2D eigenvalue weighted by Gasteiger charge is 2.39. The number of hydrogen-bond donors (Lipinski definition) is 1. The molecule has 2 aromatic carbocycles. The molecule has 0 unspecified atom stereocenters. The second kappa shape index (κ2) is 7.11. The normalized spacial score (nSPS) is 20.8. The van der Waals surface area contributed by atoms with Crippen molar-refractivity contribution >= 4 is 23.2 Å². The monoisotopic (exact) mass is 365 g/mol. The Kier molecular flexibility index (Phi) is 4.50. The Bertz CT molecular complexity index is 897. The third-order valence-corrected chi connectivity index (χ3v) is 4.63. The van der Waals surface area contributed by atoms with E-state index in [-0.39, 0.29) is 18.4 Å². The van der Waals surface area contributed by atoms with Crippen molar-refractivity contribution in [3.05, 3.63) is 60.2 Å². The van der Waals surface area contributed by atoms with Gasteiger partial charge in [0.25, 0.3) is 11.8 Å². The number of carbonyl (C=O) groups excluding carboxylic acids is 2. The Balaban J connectivity index is 1.55. The SMILES string of the molecule is CNC(=O)[C@@H]1CN(C(=O)[C@H]2CC(c3ccccc3)=NO2)c2ccccc2O1. The quantitative estimate of drug-likeness (QED) is 0.898. The average Bonchev–Trinajstić information content (AvgIpc) is 3.22. The zero-order valence-electron chi connectivity index (χ0n) is 14.8. The molecule has 0 spiro atoms. The van der Waals surface area contributed by atoms with Crippen LogP contribution in [0.25, 0.3) is 0 Å². The van der Waals surface area contributed by atoms with Crippen LogP contribution in [-0.2, 0) is 14.4 Å². The summed E-state index contributed by atoms with van der Waals surface area (Å²) in [5.41, 5.74) is 2.29. The molecule has 0 aromatic heterocycles. The van der Waals surface area contributed by atoms with Gasteiger partial charge in [-0.1, -0.05) is 47.6 Å². The highest BCUT2D eigenvalue weighted by Crippen LogP contribution is 2.34. The van der Waals surface area contributed by atoms with E-state index in [1.807, 2.05) is 36.4 Å². The first kappa shape index (κ1) is 17.1. The number of fused-ring (bicyclic) bond motifs is 1. The molecule has 0 saturated heterocycles.